The summed E-state index contributed by atoms with van der Waals surface area (Å²) in [5.74, 6) is 0.567. The number of anilines is 2. The van der Waals surface area contributed by atoms with Gasteiger partial charge in [0.1, 0.15) is 0 Å². The molecule has 1 aromatic carbocycles. The normalized spacial score (nSPS) is 22.3. The Kier molecular flexibility index (Phi) is 5.29. The van der Waals surface area contributed by atoms with E-state index in [1.807, 2.05) is 12.1 Å². The molecule has 1 saturated heterocycles. The number of benzene rings is 1. The molecule has 1 aliphatic heterocycles. The third kappa shape index (κ3) is 4.20. The lowest BCUT2D eigenvalue weighted by molar-refractivity contribution is -0.122. The maximum absolute atomic E-state index is 12.0. The summed E-state index contributed by atoms with van der Waals surface area (Å²) < 4.78 is 0. The van der Waals surface area contributed by atoms with Crippen molar-refractivity contribution < 1.29 is 9.59 Å². The van der Waals surface area contributed by atoms with E-state index in [-0.39, 0.29) is 24.2 Å². The van der Waals surface area contributed by atoms with Crippen LogP contribution in [-0.2, 0) is 9.59 Å². The number of amides is 2. The number of nitrogens with zero attached hydrogens (tertiary/aromatic N) is 1. The molecule has 0 spiro atoms. The fourth-order valence-electron chi connectivity index (χ4n) is 3.14. The minimum Gasteiger partial charge on any atom is -0.370 e. The monoisotopic (exact) mass is 349 g/mol. The van der Waals surface area contributed by atoms with Gasteiger partial charge in [0.25, 0.3) is 0 Å². The van der Waals surface area contributed by atoms with E-state index >= 15 is 0 Å². The second kappa shape index (κ2) is 7.43. The highest BCUT2D eigenvalue weighted by molar-refractivity contribution is 6.33. The number of rotatable bonds is 6. The van der Waals surface area contributed by atoms with Crippen molar-refractivity contribution in [2.45, 2.75) is 32.6 Å². The van der Waals surface area contributed by atoms with Crippen LogP contribution < -0.4 is 15.5 Å². The molecule has 0 unspecified atom stereocenters. The first kappa shape index (κ1) is 17.1. The first-order chi connectivity index (χ1) is 11.5. The van der Waals surface area contributed by atoms with E-state index in [0.29, 0.717) is 23.2 Å². The fourth-order valence-corrected chi connectivity index (χ4v) is 3.44. The van der Waals surface area contributed by atoms with Crippen molar-refractivity contribution >= 4 is 34.8 Å². The molecule has 0 radical (unpaired) electrons. The van der Waals surface area contributed by atoms with Crippen LogP contribution in [0.2, 0.25) is 5.02 Å². The summed E-state index contributed by atoms with van der Waals surface area (Å²) in [4.78, 5) is 25.9. The molecular formula is C18H24ClN3O2. The van der Waals surface area contributed by atoms with Gasteiger partial charge in [-0.3, -0.25) is 9.59 Å². The van der Waals surface area contributed by atoms with Crippen molar-refractivity contribution in [3.8, 4) is 0 Å². The summed E-state index contributed by atoms with van der Waals surface area (Å²) in [6.45, 7) is 4.50. The lowest BCUT2D eigenvalue weighted by Gasteiger charge is -2.19. The Balaban J connectivity index is 1.45. The molecular weight excluding hydrogens is 326 g/mol. The van der Waals surface area contributed by atoms with E-state index < -0.39 is 0 Å². The molecule has 130 valence electrons. The molecule has 1 aromatic rings. The zero-order chi connectivity index (χ0) is 17.1. The number of hydrogen-bond acceptors (Lipinski definition) is 3. The molecule has 0 aromatic heterocycles. The van der Waals surface area contributed by atoms with Gasteiger partial charge in [0.15, 0.2) is 0 Å². The van der Waals surface area contributed by atoms with Crippen LogP contribution in [0, 0.1) is 11.8 Å². The quantitative estimate of drug-likeness (QED) is 0.829. The Labute approximate surface area is 147 Å². The van der Waals surface area contributed by atoms with Crippen LogP contribution in [0.5, 0.6) is 0 Å². The molecule has 6 heteroatoms. The largest absolute Gasteiger partial charge is 0.370 e. The molecule has 2 fully saturated rings. The van der Waals surface area contributed by atoms with Crippen LogP contribution in [-0.4, -0.2) is 31.4 Å². The predicted octanol–water partition coefficient (Wildman–Crippen LogP) is 3.04. The van der Waals surface area contributed by atoms with Gasteiger partial charge < -0.3 is 15.5 Å². The van der Waals surface area contributed by atoms with Gasteiger partial charge >= 0.3 is 0 Å². The van der Waals surface area contributed by atoms with E-state index in [1.165, 1.54) is 12.8 Å². The summed E-state index contributed by atoms with van der Waals surface area (Å²) in [5.41, 5.74) is 1.72. The molecule has 1 heterocycles. The van der Waals surface area contributed by atoms with Crippen LogP contribution in [0.3, 0.4) is 0 Å². The third-order valence-electron chi connectivity index (χ3n) is 4.78. The summed E-state index contributed by atoms with van der Waals surface area (Å²) in [5, 5.41) is 6.31. The Bertz CT molecular complexity index is 629. The molecule has 0 bridgehead atoms. The van der Waals surface area contributed by atoms with Crippen LogP contribution in [0.1, 0.15) is 32.6 Å². The Morgan fingerprint density at radius 3 is 2.62 bits per heavy atom. The second-order valence-corrected chi connectivity index (χ2v) is 7.18. The average Bonchev–Trinajstić information content (AvgIpc) is 3.05. The highest BCUT2D eigenvalue weighted by Crippen LogP contribution is 2.37. The lowest BCUT2D eigenvalue weighted by atomic mass is 10.2. The molecule has 2 amide bonds. The van der Waals surface area contributed by atoms with Crippen molar-refractivity contribution in [2.24, 2.45) is 11.8 Å². The molecule has 3 rings (SSSR count). The number of halogens is 1. The second-order valence-electron chi connectivity index (χ2n) is 6.77. The van der Waals surface area contributed by atoms with Crippen LogP contribution >= 0.6 is 11.6 Å². The smallest absolute Gasteiger partial charge is 0.226 e. The average molecular weight is 350 g/mol. The summed E-state index contributed by atoms with van der Waals surface area (Å²) >= 11 is 6.34. The maximum Gasteiger partial charge on any atom is 0.226 e. The highest BCUT2D eigenvalue weighted by atomic mass is 35.5. The number of carbonyl (C=O) groups is 2. The van der Waals surface area contributed by atoms with E-state index in [1.54, 1.807) is 6.07 Å². The van der Waals surface area contributed by atoms with Crippen molar-refractivity contribution in [2.75, 3.05) is 29.9 Å². The van der Waals surface area contributed by atoms with Crippen molar-refractivity contribution in [1.82, 2.24) is 5.32 Å². The summed E-state index contributed by atoms with van der Waals surface area (Å²) in [6.07, 6.45) is 3.61. The minimum atomic E-state index is -0.121. The fraction of sp³-hybridized carbons (Fsp3) is 0.556. The molecule has 1 aliphatic carbocycles. The van der Waals surface area contributed by atoms with Gasteiger partial charge in [0, 0.05) is 37.7 Å². The van der Waals surface area contributed by atoms with Crippen LogP contribution in [0.15, 0.2) is 18.2 Å². The van der Waals surface area contributed by atoms with E-state index in [0.717, 1.165) is 25.2 Å². The van der Waals surface area contributed by atoms with Crippen LogP contribution in [0.25, 0.3) is 0 Å². The first-order valence-corrected chi connectivity index (χ1v) is 9.04. The maximum atomic E-state index is 12.0. The van der Waals surface area contributed by atoms with Gasteiger partial charge in [-0.05, 0) is 43.4 Å². The summed E-state index contributed by atoms with van der Waals surface area (Å²) in [6, 6.07) is 5.62. The Morgan fingerprint density at radius 2 is 2.00 bits per heavy atom. The van der Waals surface area contributed by atoms with Gasteiger partial charge in [0.05, 0.1) is 10.7 Å². The Hall–Kier alpha value is -1.75. The zero-order valence-corrected chi connectivity index (χ0v) is 14.7. The van der Waals surface area contributed by atoms with Gasteiger partial charge in [0.2, 0.25) is 11.8 Å². The molecule has 1 saturated carbocycles. The molecule has 2 aliphatic rings. The topological polar surface area (TPSA) is 61.4 Å². The first-order valence-electron chi connectivity index (χ1n) is 8.66. The standard InChI is InChI=1S/C18H24ClN3O2/c1-12-10-14(12)18(24)20-7-6-17(23)21-13-4-5-16(15(19)11-13)22-8-2-3-9-22/h4-5,11-12,14H,2-3,6-10H2,1H3,(H,20,24)(H,21,23)/t12-,14+/m1/s1. The number of nitrogens with one attached hydrogen (secondary N) is 2. The van der Waals surface area contributed by atoms with Gasteiger partial charge in [-0.1, -0.05) is 18.5 Å². The summed E-state index contributed by atoms with van der Waals surface area (Å²) in [7, 11) is 0. The zero-order valence-electron chi connectivity index (χ0n) is 14.0. The molecule has 2 N–H and O–H groups in total. The molecule has 2 atom stereocenters. The number of carbonyl (C=O) groups excluding carboxylic acids is 2. The van der Waals surface area contributed by atoms with Gasteiger partial charge in [-0.2, -0.15) is 0 Å². The SMILES string of the molecule is C[C@@H]1C[C@@H]1C(=O)NCCC(=O)Nc1ccc(N2CCCC2)c(Cl)c1. The predicted molar refractivity (Wildman–Crippen MR) is 96.4 cm³/mol. The van der Waals surface area contributed by atoms with Crippen LogP contribution in [0.4, 0.5) is 11.4 Å². The minimum absolute atomic E-state index is 0.0633. The molecule has 5 nitrogen and oxygen atoms in total. The third-order valence-corrected chi connectivity index (χ3v) is 5.08. The van der Waals surface area contributed by atoms with E-state index in [9.17, 15) is 9.59 Å². The highest BCUT2D eigenvalue weighted by Gasteiger charge is 2.38. The van der Waals surface area contributed by atoms with Crippen molar-refractivity contribution in [3.63, 3.8) is 0 Å². The molecule has 24 heavy (non-hydrogen) atoms. The lowest BCUT2D eigenvalue weighted by Crippen LogP contribution is -2.29. The van der Waals surface area contributed by atoms with Gasteiger partial charge in [-0.15, -0.1) is 0 Å². The van der Waals surface area contributed by atoms with E-state index in [2.05, 4.69) is 22.5 Å². The Morgan fingerprint density at radius 1 is 1.29 bits per heavy atom. The number of hydrogen-bond donors (Lipinski definition) is 2. The van der Waals surface area contributed by atoms with Crippen molar-refractivity contribution in [1.29, 1.82) is 0 Å². The van der Waals surface area contributed by atoms with E-state index in [4.69, 9.17) is 11.6 Å². The van der Waals surface area contributed by atoms with Gasteiger partial charge in [-0.25, -0.2) is 0 Å². The van der Waals surface area contributed by atoms with Crippen molar-refractivity contribution in [3.05, 3.63) is 23.2 Å².